The number of fused-ring (bicyclic) bond motifs is 1. The van der Waals surface area contributed by atoms with Gasteiger partial charge in [-0.15, -0.1) is 0 Å². The summed E-state index contributed by atoms with van der Waals surface area (Å²) in [7, 11) is 1.68. The summed E-state index contributed by atoms with van der Waals surface area (Å²) in [6.45, 7) is 1.85. The third-order valence-electron chi connectivity index (χ3n) is 2.63. The Kier molecular flexibility index (Phi) is 2.27. The number of hydrogen-bond acceptors (Lipinski definition) is 2. The first kappa shape index (κ1) is 10.4. The number of pyridine rings is 1. The number of aryl methyl sites for hydroxylation is 2. The second-order valence-corrected chi connectivity index (χ2v) is 3.79. The van der Waals surface area contributed by atoms with E-state index in [0.29, 0.717) is 10.8 Å². The molecule has 2 rings (SSSR count). The normalized spacial score (nSPS) is 10.6. The Hall–Kier alpha value is -2.10. The number of carboxylic acid groups (broad SMARTS) is 1. The Morgan fingerprint density at radius 2 is 2.00 bits per heavy atom. The van der Waals surface area contributed by atoms with Crippen molar-refractivity contribution in [3.63, 3.8) is 0 Å². The second-order valence-electron chi connectivity index (χ2n) is 3.79. The molecule has 2 aromatic rings. The molecule has 0 saturated heterocycles. The van der Waals surface area contributed by atoms with Crippen LogP contribution >= 0.6 is 0 Å². The summed E-state index contributed by atoms with van der Waals surface area (Å²) < 4.78 is 1.50. The van der Waals surface area contributed by atoms with Crippen LogP contribution in [0.15, 0.2) is 29.2 Å². The molecular weight excluding hydrogens is 206 g/mol. The highest BCUT2D eigenvalue weighted by molar-refractivity contribution is 5.95. The summed E-state index contributed by atoms with van der Waals surface area (Å²) in [5.74, 6) is -0.984. The number of carbonyl (C=O) groups is 1. The Morgan fingerprint density at radius 1 is 1.31 bits per heavy atom. The molecule has 4 heteroatoms. The fourth-order valence-electron chi connectivity index (χ4n) is 1.80. The van der Waals surface area contributed by atoms with E-state index in [0.717, 1.165) is 5.56 Å². The quantitative estimate of drug-likeness (QED) is 0.788. The first-order valence-electron chi connectivity index (χ1n) is 4.84. The van der Waals surface area contributed by atoms with Gasteiger partial charge in [-0.1, -0.05) is 0 Å². The van der Waals surface area contributed by atoms with E-state index in [1.807, 2.05) is 6.92 Å². The standard InChI is InChI=1S/C12H11NO3/c1-7-6-13(2)11(14)9-4-3-8(12(15)16)5-10(7)9/h3-6H,1-2H3,(H,15,16). The van der Waals surface area contributed by atoms with Crippen LogP contribution in [-0.4, -0.2) is 15.6 Å². The smallest absolute Gasteiger partial charge is 0.335 e. The van der Waals surface area contributed by atoms with Gasteiger partial charge in [0.25, 0.3) is 5.56 Å². The Labute approximate surface area is 91.8 Å². The van der Waals surface area contributed by atoms with E-state index in [4.69, 9.17) is 5.11 Å². The summed E-state index contributed by atoms with van der Waals surface area (Å²) >= 11 is 0. The summed E-state index contributed by atoms with van der Waals surface area (Å²) in [5, 5.41) is 10.1. The van der Waals surface area contributed by atoms with Crippen LogP contribution in [0.1, 0.15) is 15.9 Å². The number of hydrogen-bond donors (Lipinski definition) is 1. The fraction of sp³-hybridized carbons (Fsp3) is 0.167. The van der Waals surface area contributed by atoms with Crippen molar-refractivity contribution in [3.05, 3.63) is 45.9 Å². The van der Waals surface area contributed by atoms with Crippen LogP contribution in [0.25, 0.3) is 10.8 Å². The minimum Gasteiger partial charge on any atom is -0.478 e. The Bertz CT molecular complexity index is 640. The van der Waals surface area contributed by atoms with Gasteiger partial charge in [0.15, 0.2) is 0 Å². The van der Waals surface area contributed by atoms with Crippen LogP contribution in [0.3, 0.4) is 0 Å². The zero-order valence-electron chi connectivity index (χ0n) is 9.02. The van der Waals surface area contributed by atoms with Gasteiger partial charge in [0, 0.05) is 18.6 Å². The van der Waals surface area contributed by atoms with Gasteiger partial charge in [-0.05, 0) is 36.1 Å². The summed E-state index contributed by atoms with van der Waals surface area (Å²) in [4.78, 5) is 22.6. The van der Waals surface area contributed by atoms with E-state index in [9.17, 15) is 9.59 Å². The SMILES string of the molecule is Cc1cn(C)c(=O)c2ccc(C(=O)O)cc12. The first-order valence-corrected chi connectivity index (χ1v) is 4.84. The predicted molar refractivity (Wildman–Crippen MR) is 60.9 cm³/mol. The van der Waals surface area contributed by atoms with Crippen molar-refractivity contribution >= 4 is 16.7 Å². The van der Waals surface area contributed by atoms with Crippen molar-refractivity contribution in [2.24, 2.45) is 7.05 Å². The number of aromatic nitrogens is 1. The van der Waals surface area contributed by atoms with Crippen molar-refractivity contribution in [2.75, 3.05) is 0 Å². The topological polar surface area (TPSA) is 59.3 Å². The van der Waals surface area contributed by atoms with Crippen LogP contribution in [0, 0.1) is 6.92 Å². The third kappa shape index (κ3) is 1.48. The van der Waals surface area contributed by atoms with Crippen molar-refractivity contribution in [3.8, 4) is 0 Å². The lowest BCUT2D eigenvalue weighted by molar-refractivity contribution is 0.0697. The number of aromatic carboxylic acids is 1. The molecule has 1 aromatic heterocycles. The van der Waals surface area contributed by atoms with Gasteiger partial charge < -0.3 is 9.67 Å². The molecule has 0 amide bonds. The molecule has 0 unspecified atom stereocenters. The molecule has 0 saturated carbocycles. The van der Waals surface area contributed by atoms with Crippen LogP contribution in [0.4, 0.5) is 0 Å². The third-order valence-corrected chi connectivity index (χ3v) is 2.63. The maximum atomic E-state index is 11.8. The van der Waals surface area contributed by atoms with Gasteiger partial charge in [0.05, 0.1) is 5.56 Å². The van der Waals surface area contributed by atoms with Gasteiger partial charge in [-0.2, -0.15) is 0 Å². The first-order chi connectivity index (χ1) is 7.50. The highest BCUT2D eigenvalue weighted by atomic mass is 16.4. The average molecular weight is 217 g/mol. The maximum Gasteiger partial charge on any atom is 0.335 e. The highest BCUT2D eigenvalue weighted by Crippen LogP contribution is 2.16. The van der Waals surface area contributed by atoms with E-state index in [2.05, 4.69) is 0 Å². The predicted octanol–water partition coefficient (Wildman–Crippen LogP) is 1.55. The largest absolute Gasteiger partial charge is 0.478 e. The van der Waals surface area contributed by atoms with Gasteiger partial charge in [-0.25, -0.2) is 4.79 Å². The molecule has 0 aliphatic rings. The van der Waals surface area contributed by atoms with Crippen LogP contribution < -0.4 is 5.56 Å². The molecule has 4 nitrogen and oxygen atoms in total. The Balaban J connectivity index is 2.90. The fourth-order valence-corrected chi connectivity index (χ4v) is 1.80. The molecule has 0 aliphatic heterocycles. The average Bonchev–Trinajstić information content (AvgIpc) is 2.25. The van der Waals surface area contributed by atoms with E-state index in [-0.39, 0.29) is 11.1 Å². The number of nitrogens with zero attached hydrogens (tertiary/aromatic N) is 1. The van der Waals surface area contributed by atoms with E-state index < -0.39 is 5.97 Å². The van der Waals surface area contributed by atoms with Gasteiger partial charge in [0.2, 0.25) is 0 Å². The molecule has 0 bridgehead atoms. The van der Waals surface area contributed by atoms with Crippen molar-refractivity contribution in [1.29, 1.82) is 0 Å². The molecule has 0 radical (unpaired) electrons. The molecule has 0 atom stereocenters. The number of rotatable bonds is 1. The van der Waals surface area contributed by atoms with E-state index in [1.54, 1.807) is 19.3 Å². The van der Waals surface area contributed by atoms with Crippen LogP contribution in [0.2, 0.25) is 0 Å². The zero-order chi connectivity index (χ0) is 11.9. The van der Waals surface area contributed by atoms with Gasteiger partial charge >= 0.3 is 5.97 Å². The molecular formula is C12H11NO3. The number of benzene rings is 1. The lowest BCUT2D eigenvalue weighted by Gasteiger charge is -2.06. The minimum atomic E-state index is -0.984. The van der Waals surface area contributed by atoms with E-state index in [1.165, 1.54) is 16.7 Å². The second kappa shape index (κ2) is 3.48. The molecule has 1 aromatic carbocycles. The van der Waals surface area contributed by atoms with Crippen LogP contribution in [0.5, 0.6) is 0 Å². The van der Waals surface area contributed by atoms with Crippen molar-refractivity contribution in [2.45, 2.75) is 6.92 Å². The van der Waals surface area contributed by atoms with Crippen molar-refractivity contribution < 1.29 is 9.90 Å². The molecule has 16 heavy (non-hydrogen) atoms. The summed E-state index contributed by atoms with van der Waals surface area (Å²) in [6.07, 6.45) is 1.70. The van der Waals surface area contributed by atoms with Crippen molar-refractivity contribution in [1.82, 2.24) is 4.57 Å². The maximum absolute atomic E-state index is 11.8. The highest BCUT2D eigenvalue weighted by Gasteiger charge is 2.08. The monoisotopic (exact) mass is 217 g/mol. The summed E-state index contributed by atoms with van der Waals surface area (Å²) in [5.41, 5.74) is 0.974. The van der Waals surface area contributed by atoms with Crippen LogP contribution in [-0.2, 0) is 7.05 Å². The Morgan fingerprint density at radius 3 is 2.62 bits per heavy atom. The molecule has 0 aliphatic carbocycles. The molecule has 82 valence electrons. The molecule has 0 fully saturated rings. The minimum absolute atomic E-state index is 0.113. The summed E-state index contributed by atoms with van der Waals surface area (Å²) in [6, 6.07) is 4.55. The zero-order valence-corrected chi connectivity index (χ0v) is 9.02. The lowest BCUT2D eigenvalue weighted by atomic mass is 10.1. The van der Waals surface area contributed by atoms with Gasteiger partial charge in [-0.3, -0.25) is 4.79 Å². The molecule has 1 N–H and O–H groups in total. The number of carboxylic acids is 1. The van der Waals surface area contributed by atoms with Gasteiger partial charge in [0.1, 0.15) is 0 Å². The van der Waals surface area contributed by atoms with E-state index >= 15 is 0 Å². The molecule has 0 spiro atoms. The molecule has 1 heterocycles. The lowest BCUT2D eigenvalue weighted by Crippen LogP contribution is -2.17.